The maximum Gasteiger partial charge on any atom is 0.308 e. The second-order valence-electron chi connectivity index (χ2n) is 6.84. The van der Waals surface area contributed by atoms with Crippen LogP contribution in [0.1, 0.15) is 18.9 Å². The highest BCUT2D eigenvalue weighted by Gasteiger charge is 2.22. The van der Waals surface area contributed by atoms with Crippen LogP contribution in [-0.4, -0.2) is 44.9 Å². The third-order valence-corrected chi connectivity index (χ3v) is 4.50. The Morgan fingerprint density at radius 2 is 1.97 bits per heavy atom. The van der Waals surface area contributed by atoms with Crippen LogP contribution in [-0.2, 0) is 27.4 Å². The molecule has 0 aliphatic heterocycles. The topological polar surface area (TPSA) is 94.4 Å². The zero-order valence-corrected chi connectivity index (χ0v) is 16.6. The Balaban J connectivity index is 1.54. The second kappa shape index (κ2) is 9.25. The van der Waals surface area contributed by atoms with Gasteiger partial charge in [0.2, 0.25) is 0 Å². The normalized spacial score (nSPS) is 11.8. The lowest BCUT2D eigenvalue weighted by molar-refractivity contribution is -0.159. The van der Waals surface area contributed by atoms with E-state index in [9.17, 15) is 18.8 Å². The van der Waals surface area contributed by atoms with Crippen molar-refractivity contribution in [3.63, 3.8) is 0 Å². The molecular formula is C21H21FN4O4. The van der Waals surface area contributed by atoms with Gasteiger partial charge in [-0.1, -0.05) is 29.5 Å². The Labute approximate surface area is 171 Å². The molecule has 0 aliphatic rings. The summed E-state index contributed by atoms with van der Waals surface area (Å²) < 4.78 is 19.5. The van der Waals surface area contributed by atoms with Gasteiger partial charge in [0.1, 0.15) is 11.3 Å². The zero-order chi connectivity index (χ0) is 21.7. The van der Waals surface area contributed by atoms with E-state index in [1.54, 1.807) is 43.4 Å². The maximum atomic E-state index is 13.3. The van der Waals surface area contributed by atoms with Gasteiger partial charge in [0.15, 0.2) is 6.10 Å². The van der Waals surface area contributed by atoms with Crippen LogP contribution in [0.2, 0.25) is 0 Å². The lowest BCUT2D eigenvalue weighted by atomic mass is 10.2. The van der Waals surface area contributed by atoms with E-state index in [0.29, 0.717) is 16.5 Å². The Hall–Kier alpha value is -3.62. The fraction of sp³-hybridized carbons (Fsp3) is 0.286. The van der Waals surface area contributed by atoms with E-state index >= 15 is 0 Å². The number of carbonyl (C=O) groups is 2. The largest absolute Gasteiger partial charge is 0.452 e. The molecule has 0 bridgehead atoms. The highest BCUT2D eigenvalue weighted by Crippen LogP contribution is 2.09. The first-order valence-corrected chi connectivity index (χ1v) is 9.36. The highest BCUT2D eigenvalue weighted by atomic mass is 19.1. The molecule has 2 aromatic carbocycles. The SMILES string of the molecule is CC(OC(=O)CCn1nnc2ccccc2c1=O)C(=O)N(C)Cc1cccc(F)c1. The quantitative estimate of drug-likeness (QED) is 0.550. The molecule has 0 saturated heterocycles. The molecule has 0 fully saturated rings. The smallest absolute Gasteiger partial charge is 0.308 e. The summed E-state index contributed by atoms with van der Waals surface area (Å²) >= 11 is 0. The summed E-state index contributed by atoms with van der Waals surface area (Å²) in [6.07, 6.45) is -1.16. The summed E-state index contributed by atoms with van der Waals surface area (Å²) in [6.45, 7) is 1.63. The molecule has 1 aromatic heterocycles. The summed E-state index contributed by atoms with van der Waals surface area (Å²) in [7, 11) is 1.54. The van der Waals surface area contributed by atoms with Crippen LogP contribution < -0.4 is 5.56 Å². The molecule has 0 spiro atoms. The van der Waals surface area contributed by atoms with Crippen molar-refractivity contribution in [2.45, 2.75) is 32.5 Å². The molecule has 1 atom stereocenters. The molecule has 30 heavy (non-hydrogen) atoms. The van der Waals surface area contributed by atoms with Crippen molar-refractivity contribution in [2.75, 3.05) is 7.05 Å². The number of amides is 1. The van der Waals surface area contributed by atoms with E-state index in [1.165, 1.54) is 24.0 Å². The number of fused-ring (bicyclic) bond motifs is 1. The first-order chi connectivity index (χ1) is 14.3. The average Bonchev–Trinajstić information content (AvgIpc) is 2.73. The Kier molecular flexibility index (Phi) is 6.51. The molecule has 8 nitrogen and oxygen atoms in total. The minimum absolute atomic E-state index is 0.0183. The van der Waals surface area contributed by atoms with Crippen molar-refractivity contribution in [2.24, 2.45) is 0 Å². The molecule has 9 heteroatoms. The zero-order valence-electron chi connectivity index (χ0n) is 16.6. The lowest BCUT2D eigenvalue weighted by Crippen LogP contribution is -2.37. The fourth-order valence-electron chi connectivity index (χ4n) is 2.97. The van der Waals surface area contributed by atoms with E-state index in [1.807, 2.05) is 0 Å². The van der Waals surface area contributed by atoms with Gasteiger partial charge in [-0.2, -0.15) is 0 Å². The molecule has 1 amide bonds. The van der Waals surface area contributed by atoms with E-state index in [4.69, 9.17) is 4.74 Å². The number of nitrogens with zero attached hydrogens (tertiary/aromatic N) is 4. The first kappa shape index (κ1) is 21.1. The number of ether oxygens (including phenoxy) is 1. The number of aryl methyl sites for hydroxylation is 1. The molecule has 0 aliphatic carbocycles. The van der Waals surface area contributed by atoms with E-state index in [2.05, 4.69) is 10.3 Å². The van der Waals surface area contributed by atoms with Crippen LogP contribution in [0.4, 0.5) is 4.39 Å². The Morgan fingerprint density at radius 1 is 1.20 bits per heavy atom. The van der Waals surface area contributed by atoms with Crippen molar-refractivity contribution >= 4 is 22.8 Å². The van der Waals surface area contributed by atoms with Gasteiger partial charge in [-0.05, 0) is 36.8 Å². The fourth-order valence-corrected chi connectivity index (χ4v) is 2.97. The van der Waals surface area contributed by atoms with Crippen LogP contribution in [0, 0.1) is 5.82 Å². The standard InChI is InChI=1S/C21H21FN4O4/c1-14(20(28)25(2)13-15-6-5-7-16(22)12-15)30-19(27)10-11-26-21(29)17-8-3-4-9-18(17)23-24-26/h3-9,12,14H,10-11,13H2,1-2H3. The minimum Gasteiger partial charge on any atom is -0.452 e. The van der Waals surface area contributed by atoms with Gasteiger partial charge < -0.3 is 9.64 Å². The van der Waals surface area contributed by atoms with E-state index < -0.39 is 18.0 Å². The monoisotopic (exact) mass is 412 g/mol. The van der Waals surface area contributed by atoms with E-state index in [0.717, 1.165) is 4.68 Å². The summed E-state index contributed by atoms with van der Waals surface area (Å²) in [5, 5.41) is 8.17. The highest BCUT2D eigenvalue weighted by molar-refractivity contribution is 5.83. The van der Waals surface area contributed by atoms with Gasteiger partial charge in [0, 0.05) is 13.6 Å². The molecule has 156 valence electrons. The maximum absolute atomic E-state index is 13.3. The van der Waals surface area contributed by atoms with Crippen LogP contribution in [0.5, 0.6) is 0 Å². The number of carbonyl (C=O) groups excluding carboxylic acids is 2. The van der Waals surface area contributed by atoms with Gasteiger partial charge in [0.05, 0.1) is 18.4 Å². The molecule has 3 aromatic rings. The van der Waals surface area contributed by atoms with Crippen molar-refractivity contribution in [3.05, 3.63) is 70.3 Å². The molecule has 1 unspecified atom stereocenters. The van der Waals surface area contributed by atoms with Crippen molar-refractivity contribution in [1.82, 2.24) is 19.9 Å². The summed E-state index contributed by atoms with van der Waals surface area (Å²) in [4.78, 5) is 38.3. The lowest BCUT2D eigenvalue weighted by Gasteiger charge is -2.21. The Bertz CT molecular complexity index is 1130. The number of halogens is 1. The van der Waals surface area contributed by atoms with Gasteiger partial charge in [-0.25, -0.2) is 9.07 Å². The minimum atomic E-state index is -1.02. The van der Waals surface area contributed by atoms with Gasteiger partial charge >= 0.3 is 5.97 Å². The summed E-state index contributed by atoms with van der Waals surface area (Å²) in [5.74, 6) is -1.45. The van der Waals surface area contributed by atoms with E-state index in [-0.39, 0.29) is 30.9 Å². The van der Waals surface area contributed by atoms with Crippen LogP contribution in [0.15, 0.2) is 53.3 Å². The van der Waals surface area contributed by atoms with Crippen molar-refractivity contribution in [1.29, 1.82) is 0 Å². The number of benzene rings is 2. The molecule has 3 rings (SSSR count). The average molecular weight is 412 g/mol. The van der Waals surface area contributed by atoms with Crippen LogP contribution in [0.3, 0.4) is 0 Å². The van der Waals surface area contributed by atoms with Gasteiger partial charge in [-0.15, -0.1) is 5.10 Å². The van der Waals surface area contributed by atoms with Crippen LogP contribution in [0.25, 0.3) is 10.9 Å². The molecule has 0 saturated carbocycles. The number of aromatic nitrogens is 3. The number of hydrogen-bond donors (Lipinski definition) is 0. The molecular weight excluding hydrogens is 391 g/mol. The second-order valence-corrected chi connectivity index (χ2v) is 6.84. The van der Waals surface area contributed by atoms with Crippen LogP contribution >= 0.6 is 0 Å². The van der Waals surface area contributed by atoms with Crippen molar-refractivity contribution in [3.8, 4) is 0 Å². The molecule has 1 heterocycles. The summed E-state index contributed by atoms with van der Waals surface area (Å²) in [5.41, 5.74) is 0.743. The molecule has 0 N–H and O–H groups in total. The number of hydrogen-bond acceptors (Lipinski definition) is 6. The third kappa shape index (κ3) is 5.05. The first-order valence-electron chi connectivity index (χ1n) is 9.36. The summed E-state index contributed by atoms with van der Waals surface area (Å²) in [6, 6.07) is 12.7. The van der Waals surface area contributed by atoms with Gasteiger partial charge in [-0.3, -0.25) is 14.4 Å². The predicted molar refractivity (Wildman–Crippen MR) is 107 cm³/mol. The number of rotatable bonds is 7. The predicted octanol–water partition coefficient (Wildman–Crippen LogP) is 1.91. The molecule has 0 radical (unpaired) electrons. The number of esters is 1. The van der Waals surface area contributed by atoms with Crippen molar-refractivity contribution < 1.29 is 18.7 Å². The van der Waals surface area contributed by atoms with Gasteiger partial charge in [0.25, 0.3) is 11.5 Å². The number of likely N-dealkylation sites (N-methyl/N-ethyl adjacent to an activating group) is 1. The third-order valence-electron chi connectivity index (χ3n) is 4.50. The Morgan fingerprint density at radius 3 is 2.73 bits per heavy atom.